The van der Waals surface area contributed by atoms with Crippen LogP contribution < -0.4 is 10.5 Å². The lowest BCUT2D eigenvalue weighted by Crippen LogP contribution is -2.57. The highest BCUT2D eigenvalue weighted by atomic mass is 32.2. The van der Waals surface area contributed by atoms with E-state index >= 15 is 0 Å². The highest BCUT2D eigenvalue weighted by molar-refractivity contribution is 7.89. The maximum atomic E-state index is 13.5. The Bertz CT molecular complexity index is 1080. The molecule has 4 aliphatic carbocycles. The van der Waals surface area contributed by atoms with Gasteiger partial charge in [-0.1, -0.05) is 29.8 Å². The van der Waals surface area contributed by atoms with Crippen molar-refractivity contribution in [2.24, 2.45) is 22.4 Å². The number of nitrogens with two attached hydrogens (primary N) is 1. The maximum absolute atomic E-state index is 13.5. The number of sulfonamides is 1. The summed E-state index contributed by atoms with van der Waals surface area (Å²) in [4.78, 5) is 13.6. The fourth-order valence-corrected chi connectivity index (χ4v) is 7.28. The second-order valence-corrected chi connectivity index (χ2v) is 11.5. The average molecular weight is 425 g/mol. The first-order valence-corrected chi connectivity index (χ1v) is 12.2. The monoisotopic (exact) mass is 424 g/mol. The van der Waals surface area contributed by atoms with E-state index in [1.807, 2.05) is 0 Å². The molecule has 0 saturated heterocycles. The number of hydrogen-bond donors (Lipinski definition) is 2. The third-order valence-corrected chi connectivity index (χ3v) is 8.58. The van der Waals surface area contributed by atoms with Gasteiger partial charge in [0.25, 0.3) is 0 Å². The number of amides is 1. The minimum Gasteiger partial charge on any atom is -0.326 e. The number of aryl methyl sites for hydroxylation is 1. The van der Waals surface area contributed by atoms with Crippen molar-refractivity contribution in [1.29, 1.82) is 0 Å². The molecule has 2 aromatic carbocycles. The summed E-state index contributed by atoms with van der Waals surface area (Å²) < 4.78 is 23.0. The van der Waals surface area contributed by atoms with Gasteiger partial charge in [0, 0.05) is 5.69 Å². The fraction of sp³-hybridized carbons (Fsp3) is 0.458. The number of nitrogens with one attached hydrogen (secondary N) is 1. The van der Waals surface area contributed by atoms with Gasteiger partial charge in [0.05, 0.1) is 10.3 Å². The Balaban J connectivity index is 1.42. The van der Waals surface area contributed by atoms with E-state index in [4.69, 9.17) is 5.14 Å². The van der Waals surface area contributed by atoms with Crippen LogP contribution in [0.4, 0.5) is 5.69 Å². The van der Waals surface area contributed by atoms with Gasteiger partial charge in [-0.05, 0) is 92.5 Å². The van der Waals surface area contributed by atoms with Gasteiger partial charge in [0.2, 0.25) is 15.9 Å². The van der Waals surface area contributed by atoms with Crippen LogP contribution in [0.3, 0.4) is 0 Å². The Morgan fingerprint density at radius 1 is 0.967 bits per heavy atom. The molecule has 4 fully saturated rings. The largest absolute Gasteiger partial charge is 0.326 e. The summed E-state index contributed by atoms with van der Waals surface area (Å²) in [5.41, 5.74) is 3.03. The number of anilines is 1. The van der Waals surface area contributed by atoms with Crippen molar-refractivity contribution >= 4 is 21.6 Å². The van der Waals surface area contributed by atoms with Crippen LogP contribution in [0, 0.1) is 24.2 Å². The Labute approximate surface area is 178 Å². The highest BCUT2D eigenvalue weighted by Crippen LogP contribution is 2.66. The summed E-state index contributed by atoms with van der Waals surface area (Å²) in [7, 11) is -3.74. The molecule has 4 bridgehead atoms. The van der Waals surface area contributed by atoms with E-state index in [0.717, 1.165) is 19.3 Å². The Kier molecular flexibility index (Phi) is 4.39. The molecule has 5 nitrogen and oxygen atoms in total. The molecule has 6 rings (SSSR count). The zero-order valence-electron chi connectivity index (χ0n) is 17.2. The van der Waals surface area contributed by atoms with Crippen LogP contribution >= 0.6 is 0 Å². The lowest BCUT2D eigenvalue weighted by atomic mass is 9.42. The van der Waals surface area contributed by atoms with Crippen LogP contribution in [-0.2, 0) is 20.2 Å². The van der Waals surface area contributed by atoms with Crippen molar-refractivity contribution in [3.05, 3.63) is 59.7 Å². The molecular formula is C24H28N2O3S. The zero-order valence-corrected chi connectivity index (χ0v) is 18.0. The second-order valence-electron chi connectivity index (χ2n) is 9.91. The first kappa shape index (κ1) is 19.8. The highest BCUT2D eigenvalue weighted by Gasteiger charge is 2.60. The van der Waals surface area contributed by atoms with Crippen molar-refractivity contribution in [3.8, 4) is 0 Å². The topological polar surface area (TPSA) is 89.3 Å². The van der Waals surface area contributed by atoms with Gasteiger partial charge in [-0.15, -0.1) is 0 Å². The standard InChI is InChI=1S/C24H28N2O3S/c1-16-2-4-19(5-3-16)23-11-17-10-18(12-23)14-24(13-17,15-23)22(27)26-20-6-8-21(9-7-20)30(25,28)29/h2-9,17-18H,10-15H2,1H3,(H,26,27)(H2,25,28,29). The number of primary sulfonamides is 1. The SMILES string of the molecule is Cc1ccc(C23CC4CC(CC(C(=O)Nc5ccc(S(N)(=O)=O)cc5)(C4)C2)C3)cc1. The summed E-state index contributed by atoms with van der Waals surface area (Å²) >= 11 is 0. The predicted octanol–water partition coefficient (Wildman–Crippen LogP) is 4.12. The second kappa shape index (κ2) is 6.66. The number of hydrogen-bond acceptors (Lipinski definition) is 3. The van der Waals surface area contributed by atoms with Crippen molar-refractivity contribution in [2.45, 2.75) is 55.8 Å². The van der Waals surface area contributed by atoms with Crippen LogP contribution in [0.2, 0.25) is 0 Å². The van der Waals surface area contributed by atoms with Gasteiger partial charge in [-0.3, -0.25) is 4.79 Å². The van der Waals surface area contributed by atoms with E-state index in [1.165, 1.54) is 42.5 Å². The summed E-state index contributed by atoms with van der Waals surface area (Å²) in [6, 6.07) is 15.0. The molecule has 2 aromatic rings. The lowest BCUT2D eigenvalue weighted by molar-refractivity contribution is -0.143. The third-order valence-electron chi connectivity index (χ3n) is 7.65. The van der Waals surface area contributed by atoms with E-state index in [9.17, 15) is 13.2 Å². The molecule has 4 aliphatic rings. The Morgan fingerprint density at radius 2 is 1.57 bits per heavy atom. The van der Waals surface area contributed by atoms with Crippen molar-refractivity contribution in [3.63, 3.8) is 0 Å². The van der Waals surface area contributed by atoms with E-state index in [2.05, 4.69) is 36.5 Å². The molecule has 0 aliphatic heterocycles. The summed E-state index contributed by atoms with van der Waals surface area (Å²) in [5, 5.41) is 8.26. The van der Waals surface area contributed by atoms with Crippen molar-refractivity contribution < 1.29 is 13.2 Å². The average Bonchev–Trinajstić information content (AvgIpc) is 2.67. The summed E-state index contributed by atoms with van der Waals surface area (Å²) in [6.07, 6.45) is 6.43. The van der Waals surface area contributed by atoms with Crippen LogP contribution in [0.1, 0.15) is 49.7 Å². The third kappa shape index (κ3) is 3.26. The number of rotatable bonds is 4. The predicted molar refractivity (Wildman–Crippen MR) is 116 cm³/mol. The van der Waals surface area contributed by atoms with Crippen LogP contribution in [0.5, 0.6) is 0 Å². The fourth-order valence-electron chi connectivity index (χ4n) is 6.76. The normalized spacial score (nSPS) is 32.2. The number of carbonyl (C=O) groups excluding carboxylic acids is 1. The molecule has 0 aromatic heterocycles. The molecule has 0 heterocycles. The van der Waals surface area contributed by atoms with Crippen LogP contribution in [-0.4, -0.2) is 14.3 Å². The van der Waals surface area contributed by atoms with Gasteiger partial charge in [0.1, 0.15) is 0 Å². The quantitative estimate of drug-likeness (QED) is 0.774. The number of carbonyl (C=O) groups is 1. The van der Waals surface area contributed by atoms with Gasteiger partial charge >= 0.3 is 0 Å². The molecule has 6 heteroatoms. The lowest BCUT2D eigenvalue weighted by Gasteiger charge is -2.61. The molecule has 4 saturated carbocycles. The molecule has 2 atom stereocenters. The van der Waals surface area contributed by atoms with Crippen LogP contribution in [0.25, 0.3) is 0 Å². The van der Waals surface area contributed by atoms with Gasteiger partial charge in [0.15, 0.2) is 0 Å². The Morgan fingerprint density at radius 3 is 2.13 bits per heavy atom. The summed E-state index contributed by atoms with van der Waals surface area (Å²) in [5.74, 6) is 1.28. The van der Waals surface area contributed by atoms with E-state index in [-0.39, 0.29) is 21.6 Å². The smallest absolute Gasteiger partial charge is 0.238 e. The summed E-state index contributed by atoms with van der Waals surface area (Å²) in [6.45, 7) is 2.11. The minimum absolute atomic E-state index is 0.0497. The molecule has 158 valence electrons. The van der Waals surface area contributed by atoms with E-state index in [1.54, 1.807) is 12.1 Å². The zero-order chi connectivity index (χ0) is 21.1. The molecule has 3 N–H and O–H groups in total. The van der Waals surface area contributed by atoms with Gasteiger partial charge < -0.3 is 5.32 Å². The Hall–Kier alpha value is -2.18. The minimum atomic E-state index is -3.74. The van der Waals surface area contributed by atoms with Crippen molar-refractivity contribution in [1.82, 2.24) is 0 Å². The van der Waals surface area contributed by atoms with E-state index in [0.29, 0.717) is 17.5 Å². The van der Waals surface area contributed by atoms with E-state index < -0.39 is 10.0 Å². The maximum Gasteiger partial charge on any atom is 0.238 e. The molecule has 2 unspecified atom stereocenters. The first-order chi connectivity index (χ1) is 14.2. The molecule has 0 spiro atoms. The first-order valence-electron chi connectivity index (χ1n) is 10.7. The van der Waals surface area contributed by atoms with Gasteiger partial charge in [-0.2, -0.15) is 0 Å². The molecule has 1 amide bonds. The molecular weight excluding hydrogens is 396 g/mol. The number of benzene rings is 2. The molecule has 30 heavy (non-hydrogen) atoms. The molecule has 0 radical (unpaired) electrons. The van der Waals surface area contributed by atoms with Crippen LogP contribution in [0.15, 0.2) is 53.4 Å². The van der Waals surface area contributed by atoms with Crippen molar-refractivity contribution in [2.75, 3.05) is 5.32 Å². The van der Waals surface area contributed by atoms with Gasteiger partial charge in [-0.25, -0.2) is 13.6 Å².